The van der Waals surface area contributed by atoms with E-state index in [4.69, 9.17) is 4.74 Å². The summed E-state index contributed by atoms with van der Waals surface area (Å²) in [5.41, 5.74) is 2.06. The van der Waals surface area contributed by atoms with Gasteiger partial charge in [0, 0.05) is 6.92 Å². The zero-order valence-corrected chi connectivity index (χ0v) is 16.4. The van der Waals surface area contributed by atoms with Crippen molar-refractivity contribution in [2.24, 2.45) is 0 Å². The van der Waals surface area contributed by atoms with Gasteiger partial charge >= 0.3 is 5.97 Å². The normalized spacial score (nSPS) is 12.8. The van der Waals surface area contributed by atoms with Crippen molar-refractivity contribution < 1.29 is 9.53 Å². The van der Waals surface area contributed by atoms with E-state index in [0.29, 0.717) is 0 Å². The molecule has 0 spiro atoms. The van der Waals surface area contributed by atoms with E-state index in [-0.39, 0.29) is 17.5 Å². The van der Waals surface area contributed by atoms with Gasteiger partial charge in [0.2, 0.25) is 0 Å². The Kier molecular flexibility index (Phi) is 7.40. The molecule has 0 aliphatic carbocycles. The standard InChI is InChI=1S/C23H31NO2/c1-5-22(26-19(2)25)23(17-12-18-24(3)4,20-13-8-6-9-14-20)21-15-10-7-11-16-21/h6-11,13-16,22H,5,12,17-18H2,1-4H3. The molecule has 0 fully saturated rings. The Labute approximate surface area is 158 Å². The van der Waals surface area contributed by atoms with Crippen molar-refractivity contribution in [1.29, 1.82) is 0 Å². The van der Waals surface area contributed by atoms with Crippen LogP contribution in [-0.2, 0) is 14.9 Å². The maximum absolute atomic E-state index is 11.9. The van der Waals surface area contributed by atoms with Crippen molar-refractivity contribution in [3.8, 4) is 0 Å². The number of nitrogens with zero attached hydrogens (tertiary/aromatic N) is 1. The van der Waals surface area contributed by atoms with E-state index in [1.807, 2.05) is 12.1 Å². The molecule has 3 heteroatoms. The number of esters is 1. The number of hydrogen-bond acceptors (Lipinski definition) is 3. The lowest BCUT2D eigenvalue weighted by Crippen LogP contribution is -2.43. The third-order valence-electron chi connectivity index (χ3n) is 4.98. The van der Waals surface area contributed by atoms with Crippen LogP contribution in [0.2, 0.25) is 0 Å². The number of carbonyl (C=O) groups excluding carboxylic acids is 1. The van der Waals surface area contributed by atoms with Gasteiger partial charge in [-0.25, -0.2) is 0 Å². The Morgan fingerprint density at radius 3 is 1.88 bits per heavy atom. The van der Waals surface area contributed by atoms with Crippen molar-refractivity contribution in [1.82, 2.24) is 4.90 Å². The van der Waals surface area contributed by atoms with E-state index in [0.717, 1.165) is 25.8 Å². The molecule has 0 saturated carbocycles. The van der Waals surface area contributed by atoms with Crippen molar-refractivity contribution in [2.45, 2.75) is 44.6 Å². The first-order valence-corrected chi connectivity index (χ1v) is 9.43. The third-order valence-corrected chi connectivity index (χ3v) is 4.98. The van der Waals surface area contributed by atoms with Crippen LogP contribution in [0.5, 0.6) is 0 Å². The molecule has 1 unspecified atom stereocenters. The van der Waals surface area contributed by atoms with Crippen LogP contribution in [0.4, 0.5) is 0 Å². The second kappa shape index (κ2) is 9.54. The predicted molar refractivity (Wildman–Crippen MR) is 107 cm³/mol. The summed E-state index contributed by atoms with van der Waals surface area (Å²) >= 11 is 0. The van der Waals surface area contributed by atoms with Gasteiger partial charge in [0.05, 0.1) is 5.41 Å². The van der Waals surface area contributed by atoms with Crippen LogP contribution >= 0.6 is 0 Å². The van der Waals surface area contributed by atoms with E-state index in [1.54, 1.807) is 0 Å². The molecule has 26 heavy (non-hydrogen) atoms. The molecule has 1 atom stereocenters. The van der Waals surface area contributed by atoms with Gasteiger partial charge in [0.25, 0.3) is 0 Å². The molecule has 140 valence electrons. The number of hydrogen-bond donors (Lipinski definition) is 0. The van der Waals surface area contributed by atoms with Crippen LogP contribution in [0.3, 0.4) is 0 Å². The summed E-state index contributed by atoms with van der Waals surface area (Å²) in [4.78, 5) is 14.1. The van der Waals surface area contributed by atoms with Gasteiger partial charge in [-0.05, 0) is 51.0 Å². The molecule has 0 saturated heterocycles. The maximum Gasteiger partial charge on any atom is 0.302 e. The van der Waals surface area contributed by atoms with E-state index >= 15 is 0 Å². The summed E-state index contributed by atoms with van der Waals surface area (Å²) in [6.45, 7) is 4.60. The molecule has 0 amide bonds. The summed E-state index contributed by atoms with van der Waals surface area (Å²) in [5, 5.41) is 0. The van der Waals surface area contributed by atoms with Crippen LogP contribution in [0.15, 0.2) is 60.7 Å². The SMILES string of the molecule is CCC(OC(C)=O)C(CCCN(C)C)(c1ccccc1)c1ccccc1. The van der Waals surface area contributed by atoms with Crippen LogP contribution in [0, 0.1) is 0 Å². The molecule has 0 N–H and O–H groups in total. The van der Waals surface area contributed by atoms with E-state index in [9.17, 15) is 4.79 Å². The highest BCUT2D eigenvalue weighted by atomic mass is 16.5. The molecule has 0 heterocycles. The van der Waals surface area contributed by atoms with Gasteiger partial charge in [0.1, 0.15) is 6.10 Å². The summed E-state index contributed by atoms with van der Waals surface area (Å²) < 4.78 is 5.88. The third kappa shape index (κ3) is 4.73. The average Bonchev–Trinajstić information content (AvgIpc) is 2.65. The first kappa shape index (κ1) is 20.2. The van der Waals surface area contributed by atoms with E-state index in [2.05, 4.69) is 74.4 Å². The minimum Gasteiger partial charge on any atom is -0.461 e. The number of benzene rings is 2. The molecule has 3 nitrogen and oxygen atoms in total. The van der Waals surface area contributed by atoms with Crippen LogP contribution < -0.4 is 0 Å². The maximum atomic E-state index is 11.9. The number of carbonyl (C=O) groups is 1. The number of rotatable bonds is 9. The van der Waals surface area contributed by atoms with Crippen LogP contribution in [0.25, 0.3) is 0 Å². The molecule has 0 bridgehead atoms. The van der Waals surface area contributed by atoms with Crippen molar-refractivity contribution in [2.75, 3.05) is 20.6 Å². The first-order chi connectivity index (χ1) is 12.5. The lowest BCUT2D eigenvalue weighted by molar-refractivity contribution is -0.149. The molecule has 0 aliphatic rings. The molecule has 2 aromatic carbocycles. The molecular weight excluding hydrogens is 322 g/mol. The highest BCUT2D eigenvalue weighted by Gasteiger charge is 2.42. The van der Waals surface area contributed by atoms with Gasteiger partial charge in [-0.3, -0.25) is 4.79 Å². The van der Waals surface area contributed by atoms with Gasteiger partial charge < -0.3 is 9.64 Å². The first-order valence-electron chi connectivity index (χ1n) is 9.43. The Bertz CT molecular complexity index is 628. The Morgan fingerprint density at radius 1 is 1.00 bits per heavy atom. The fourth-order valence-corrected chi connectivity index (χ4v) is 3.87. The lowest BCUT2D eigenvalue weighted by atomic mass is 9.66. The molecule has 0 radical (unpaired) electrons. The molecule has 0 aromatic heterocycles. The molecule has 0 aliphatic heterocycles. The lowest BCUT2D eigenvalue weighted by Gasteiger charge is -2.41. The zero-order chi connectivity index (χ0) is 19.0. The average molecular weight is 354 g/mol. The summed E-state index contributed by atoms with van der Waals surface area (Å²) in [5.74, 6) is -0.222. The molecule has 2 aromatic rings. The van der Waals surface area contributed by atoms with Gasteiger partial charge in [-0.15, -0.1) is 0 Å². The minimum atomic E-state index is -0.348. The quantitative estimate of drug-likeness (QED) is 0.614. The number of ether oxygens (including phenoxy) is 1. The topological polar surface area (TPSA) is 29.5 Å². The van der Waals surface area contributed by atoms with Gasteiger partial charge in [-0.1, -0.05) is 67.6 Å². The molecular formula is C23H31NO2. The predicted octanol–water partition coefficient (Wildman–Crippen LogP) is 4.66. The zero-order valence-electron chi connectivity index (χ0n) is 16.4. The van der Waals surface area contributed by atoms with Crippen LogP contribution in [0.1, 0.15) is 44.2 Å². The highest BCUT2D eigenvalue weighted by molar-refractivity contribution is 5.66. The van der Waals surface area contributed by atoms with Crippen molar-refractivity contribution in [3.63, 3.8) is 0 Å². The Morgan fingerprint density at radius 2 is 1.50 bits per heavy atom. The van der Waals surface area contributed by atoms with E-state index in [1.165, 1.54) is 18.1 Å². The fraction of sp³-hybridized carbons (Fsp3) is 0.435. The summed E-state index contributed by atoms with van der Waals surface area (Å²) in [6, 6.07) is 21.0. The second-order valence-electron chi connectivity index (χ2n) is 7.12. The van der Waals surface area contributed by atoms with Gasteiger partial charge in [0.15, 0.2) is 0 Å². The Hall–Kier alpha value is -2.13. The monoisotopic (exact) mass is 353 g/mol. The van der Waals surface area contributed by atoms with Gasteiger partial charge in [-0.2, -0.15) is 0 Å². The van der Waals surface area contributed by atoms with Crippen molar-refractivity contribution >= 4 is 5.97 Å². The second-order valence-corrected chi connectivity index (χ2v) is 7.12. The largest absolute Gasteiger partial charge is 0.461 e. The smallest absolute Gasteiger partial charge is 0.302 e. The fourth-order valence-electron chi connectivity index (χ4n) is 3.87. The summed E-state index contributed by atoms with van der Waals surface area (Å²) in [6.07, 6.45) is 2.51. The van der Waals surface area contributed by atoms with E-state index < -0.39 is 0 Å². The van der Waals surface area contributed by atoms with Crippen LogP contribution in [-0.4, -0.2) is 37.6 Å². The van der Waals surface area contributed by atoms with Crippen molar-refractivity contribution in [3.05, 3.63) is 71.8 Å². The highest BCUT2D eigenvalue weighted by Crippen LogP contribution is 2.42. The Balaban J connectivity index is 2.59. The minimum absolute atomic E-state index is 0.202. The summed E-state index contributed by atoms with van der Waals surface area (Å²) in [7, 11) is 4.19. The molecule has 2 rings (SSSR count).